The largest absolute Gasteiger partial charge is 0.496 e. The molecular formula is C19H17BrF3N3O3. The van der Waals surface area contributed by atoms with Crippen molar-refractivity contribution in [2.45, 2.75) is 19.0 Å². The van der Waals surface area contributed by atoms with Crippen LogP contribution in [0.5, 0.6) is 5.75 Å². The van der Waals surface area contributed by atoms with Gasteiger partial charge < -0.3 is 10.1 Å². The van der Waals surface area contributed by atoms with E-state index >= 15 is 0 Å². The number of alkyl halides is 3. The minimum Gasteiger partial charge on any atom is -0.496 e. The lowest BCUT2D eigenvalue weighted by Crippen LogP contribution is -2.20. The average Bonchev–Trinajstić information content (AvgIpc) is 2.66. The molecule has 2 aromatic rings. The van der Waals surface area contributed by atoms with E-state index in [-0.39, 0.29) is 18.5 Å². The molecule has 0 fully saturated rings. The van der Waals surface area contributed by atoms with E-state index < -0.39 is 23.6 Å². The molecule has 0 saturated heterocycles. The number of hydrogen-bond acceptors (Lipinski definition) is 4. The summed E-state index contributed by atoms with van der Waals surface area (Å²) in [7, 11) is 1.51. The number of methoxy groups -OCH3 is 1. The molecule has 0 aromatic heterocycles. The number of halogens is 4. The van der Waals surface area contributed by atoms with E-state index in [0.29, 0.717) is 11.3 Å². The van der Waals surface area contributed by atoms with E-state index in [0.717, 1.165) is 28.7 Å². The van der Waals surface area contributed by atoms with Crippen LogP contribution in [-0.4, -0.2) is 25.1 Å². The molecular weight excluding hydrogens is 455 g/mol. The van der Waals surface area contributed by atoms with E-state index in [1.165, 1.54) is 13.3 Å². The Morgan fingerprint density at radius 2 is 1.76 bits per heavy atom. The van der Waals surface area contributed by atoms with Gasteiger partial charge >= 0.3 is 6.18 Å². The van der Waals surface area contributed by atoms with Crippen molar-refractivity contribution in [3.8, 4) is 5.75 Å². The number of benzene rings is 2. The zero-order valence-electron chi connectivity index (χ0n) is 15.2. The van der Waals surface area contributed by atoms with Crippen molar-refractivity contribution in [1.82, 2.24) is 5.43 Å². The normalized spacial score (nSPS) is 11.3. The van der Waals surface area contributed by atoms with Crippen molar-refractivity contribution in [2.24, 2.45) is 5.10 Å². The lowest BCUT2D eigenvalue weighted by Gasteiger charge is -2.08. The minimum absolute atomic E-state index is 0.139. The number of amides is 2. The lowest BCUT2D eigenvalue weighted by molar-refractivity contribution is -0.137. The maximum Gasteiger partial charge on any atom is 0.416 e. The number of hydrazone groups is 1. The molecule has 6 nitrogen and oxygen atoms in total. The first-order valence-corrected chi connectivity index (χ1v) is 9.11. The Hall–Kier alpha value is -2.88. The third kappa shape index (κ3) is 7.22. The summed E-state index contributed by atoms with van der Waals surface area (Å²) in [4.78, 5) is 23.6. The molecule has 0 radical (unpaired) electrons. The highest BCUT2D eigenvalue weighted by Crippen LogP contribution is 2.29. The molecule has 2 aromatic carbocycles. The molecule has 0 atom stereocenters. The Bertz CT molecular complexity index is 900. The van der Waals surface area contributed by atoms with Gasteiger partial charge in [0.15, 0.2) is 0 Å². The first kappa shape index (κ1) is 22.4. The van der Waals surface area contributed by atoms with Crippen molar-refractivity contribution in [3.05, 3.63) is 58.1 Å². The van der Waals surface area contributed by atoms with Crippen LogP contribution in [0.4, 0.5) is 18.9 Å². The Morgan fingerprint density at radius 3 is 2.38 bits per heavy atom. The molecule has 0 saturated carbocycles. The Balaban J connectivity index is 1.80. The first-order chi connectivity index (χ1) is 13.7. The van der Waals surface area contributed by atoms with Crippen molar-refractivity contribution >= 4 is 39.6 Å². The molecule has 10 heteroatoms. The van der Waals surface area contributed by atoms with E-state index in [9.17, 15) is 22.8 Å². The molecule has 0 unspecified atom stereocenters. The fourth-order valence-electron chi connectivity index (χ4n) is 2.23. The van der Waals surface area contributed by atoms with Gasteiger partial charge in [-0.3, -0.25) is 9.59 Å². The van der Waals surface area contributed by atoms with Crippen LogP contribution in [0.2, 0.25) is 0 Å². The number of carbonyl (C=O) groups is 2. The molecule has 154 valence electrons. The molecule has 2 rings (SSSR count). The predicted octanol–water partition coefficient (Wildman–Crippen LogP) is 4.35. The highest BCUT2D eigenvalue weighted by molar-refractivity contribution is 9.10. The van der Waals surface area contributed by atoms with E-state index in [1.807, 2.05) is 0 Å². The van der Waals surface area contributed by atoms with Gasteiger partial charge in [-0.15, -0.1) is 0 Å². The van der Waals surface area contributed by atoms with E-state index in [1.54, 1.807) is 18.2 Å². The molecule has 2 N–H and O–H groups in total. The lowest BCUT2D eigenvalue weighted by atomic mass is 10.2. The number of ether oxygens (including phenoxy) is 1. The SMILES string of the molecule is COc1ccc(Br)cc1/C=N/NC(=O)CCC(=O)Nc1ccc(C(F)(F)F)cc1. The number of carbonyl (C=O) groups excluding carboxylic acids is 2. The number of nitrogens with zero attached hydrogens (tertiary/aromatic N) is 1. The van der Waals surface area contributed by atoms with Crippen LogP contribution in [0, 0.1) is 0 Å². The first-order valence-electron chi connectivity index (χ1n) is 8.31. The second-order valence-electron chi connectivity index (χ2n) is 5.80. The number of anilines is 1. The van der Waals surface area contributed by atoms with Crippen LogP contribution >= 0.6 is 15.9 Å². The zero-order chi connectivity index (χ0) is 21.4. The van der Waals surface area contributed by atoms with Gasteiger partial charge in [-0.25, -0.2) is 5.43 Å². The Morgan fingerprint density at radius 1 is 1.10 bits per heavy atom. The second kappa shape index (κ2) is 10.1. The van der Waals surface area contributed by atoms with Crippen molar-refractivity contribution in [1.29, 1.82) is 0 Å². The summed E-state index contributed by atoms with van der Waals surface area (Å²) in [6, 6.07) is 9.32. The summed E-state index contributed by atoms with van der Waals surface area (Å²) in [5.41, 5.74) is 2.34. The van der Waals surface area contributed by atoms with Crippen molar-refractivity contribution < 1.29 is 27.5 Å². The molecule has 0 spiro atoms. The fraction of sp³-hybridized carbons (Fsp3) is 0.211. The number of rotatable bonds is 7. The molecule has 2 amide bonds. The maximum atomic E-state index is 12.5. The summed E-state index contributed by atoms with van der Waals surface area (Å²) in [6.07, 6.45) is -3.33. The van der Waals surface area contributed by atoms with Gasteiger partial charge in [0.2, 0.25) is 11.8 Å². The van der Waals surface area contributed by atoms with Crippen LogP contribution in [0.3, 0.4) is 0 Å². The van der Waals surface area contributed by atoms with Gasteiger partial charge in [0.1, 0.15) is 5.75 Å². The van der Waals surface area contributed by atoms with Gasteiger partial charge in [-0.2, -0.15) is 18.3 Å². The van der Waals surface area contributed by atoms with Gasteiger partial charge in [-0.1, -0.05) is 15.9 Å². The van der Waals surface area contributed by atoms with Crippen LogP contribution < -0.4 is 15.5 Å². The summed E-state index contributed by atoms with van der Waals surface area (Å²) in [5, 5.41) is 6.25. The molecule has 0 aliphatic heterocycles. The van der Waals surface area contributed by atoms with Crippen LogP contribution in [0.15, 0.2) is 52.0 Å². The smallest absolute Gasteiger partial charge is 0.416 e. The highest BCUT2D eigenvalue weighted by Gasteiger charge is 2.29. The quantitative estimate of drug-likeness (QED) is 0.465. The predicted molar refractivity (Wildman–Crippen MR) is 106 cm³/mol. The van der Waals surface area contributed by atoms with Gasteiger partial charge in [0.05, 0.1) is 18.9 Å². The highest BCUT2D eigenvalue weighted by atomic mass is 79.9. The maximum absolute atomic E-state index is 12.5. The van der Waals surface area contributed by atoms with Crippen LogP contribution in [0.25, 0.3) is 0 Å². The number of nitrogens with one attached hydrogen (secondary N) is 2. The molecule has 0 aliphatic carbocycles. The molecule has 29 heavy (non-hydrogen) atoms. The van der Waals surface area contributed by atoms with Gasteiger partial charge in [0.25, 0.3) is 0 Å². The van der Waals surface area contributed by atoms with Crippen LogP contribution in [-0.2, 0) is 15.8 Å². The summed E-state index contributed by atoms with van der Waals surface area (Å²) in [6.45, 7) is 0. The fourth-order valence-corrected chi connectivity index (χ4v) is 2.61. The Kier molecular flexibility index (Phi) is 7.77. The monoisotopic (exact) mass is 471 g/mol. The van der Waals surface area contributed by atoms with Crippen LogP contribution in [0.1, 0.15) is 24.0 Å². The summed E-state index contributed by atoms with van der Waals surface area (Å²) in [5.74, 6) is -0.419. The zero-order valence-corrected chi connectivity index (χ0v) is 16.8. The summed E-state index contributed by atoms with van der Waals surface area (Å²) < 4.78 is 43.5. The topological polar surface area (TPSA) is 79.8 Å². The van der Waals surface area contributed by atoms with Gasteiger partial charge in [0, 0.05) is 28.6 Å². The van der Waals surface area contributed by atoms with Gasteiger partial charge in [-0.05, 0) is 42.5 Å². The molecule has 0 bridgehead atoms. The number of hydrogen-bond donors (Lipinski definition) is 2. The molecule has 0 heterocycles. The van der Waals surface area contributed by atoms with Crippen molar-refractivity contribution in [2.75, 3.05) is 12.4 Å². The minimum atomic E-state index is -4.44. The van der Waals surface area contributed by atoms with E-state index in [4.69, 9.17) is 4.74 Å². The average molecular weight is 472 g/mol. The van der Waals surface area contributed by atoms with E-state index in [2.05, 4.69) is 31.8 Å². The standard InChI is InChI=1S/C19H17BrF3N3O3/c1-29-16-7-4-14(20)10-12(16)11-24-26-18(28)9-8-17(27)25-15-5-2-13(3-6-15)19(21,22)23/h2-7,10-11H,8-9H2,1H3,(H,25,27)(H,26,28)/b24-11+. The third-order valence-corrected chi connectivity index (χ3v) is 4.15. The molecule has 0 aliphatic rings. The van der Waals surface area contributed by atoms with Crippen molar-refractivity contribution in [3.63, 3.8) is 0 Å². The third-order valence-electron chi connectivity index (χ3n) is 3.66. The second-order valence-corrected chi connectivity index (χ2v) is 6.72. The summed E-state index contributed by atoms with van der Waals surface area (Å²) >= 11 is 3.32. The Labute approximate surface area is 173 Å².